The summed E-state index contributed by atoms with van der Waals surface area (Å²) >= 11 is 4.48. The third-order valence-electron chi connectivity index (χ3n) is 5.26. The number of imide groups is 1. The zero-order chi connectivity index (χ0) is 24.4. The van der Waals surface area contributed by atoms with Crippen LogP contribution in [0.5, 0.6) is 23.0 Å². The largest absolute Gasteiger partial charge is 0.490 e. The fraction of sp³-hybridized carbons (Fsp3) is 0.154. The highest BCUT2D eigenvalue weighted by atomic mass is 79.9. The molecule has 5 rings (SSSR count). The van der Waals surface area contributed by atoms with Crippen LogP contribution in [0.25, 0.3) is 6.08 Å². The molecule has 178 valence electrons. The first-order valence-electron chi connectivity index (χ1n) is 10.8. The number of rotatable bonds is 7. The Balaban J connectivity index is 1.38. The lowest BCUT2D eigenvalue weighted by atomic mass is 10.1. The molecule has 0 unspecified atom stereocenters. The van der Waals surface area contributed by atoms with Gasteiger partial charge in [0.2, 0.25) is 6.79 Å². The van der Waals surface area contributed by atoms with E-state index in [0.29, 0.717) is 56.8 Å². The second kappa shape index (κ2) is 10.1. The Labute approximate surface area is 214 Å². The van der Waals surface area contributed by atoms with E-state index < -0.39 is 0 Å². The van der Waals surface area contributed by atoms with Crippen molar-refractivity contribution in [3.05, 3.63) is 81.2 Å². The molecule has 7 nitrogen and oxygen atoms in total. The lowest BCUT2D eigenvalue weighted by Crippen LogP contribution is -2.27. The Morgan fingerprint density at radius 2 is 1.83 bits per heavy atom. The van der Waals surface area contributed by atoms with E-state index in [1.807, 2.05) is 37.3 Å². The molecule has 0 saturated carbocycles. The molecule has 0 atom stereocenters. The quantitative estimate of drug-likeness (QED) is 0.313. The number of anilines is 1. The number of halogens is 1. The van der Waals surface area contributed by atoms with Crippen LogP contribution in [0.3, 0.4) is 0 Å². The van der Waals surface area contributed by atoms with Crippen molar-refractivity contribution in [3.63, 3.8) is 0 Å². The van der Waals surface area contributed by atoms with Gasteiger partial charge in [0.15, 0.2) is 23.0 Å². The van der Waals surface area contributed by atoms with Gasteiger partial charge in [-0.1, -0.05) is 24.3 Å². The molecule has 0 radical (unpaired) electrons. The molecule has 0 aliphatic carbocycles. The average Bonchev–Trinajstić information content (AvgIpc) is 3.42. The van der Waals surface area contributed by atoms with Crippen molar-refractivity contribution in [3.8, 4) is 23.0 Å². The number of ether oxygens (including phenoxy) is 4. The van der Waals surface area contributed by atoms with Crippen molar-refractivity contribution in [2.24, 2.45) is 0 Å². The number of hydrogen-bond acceptors (Lipinski definition) is 7. The maximum Gasteiger partial charge on any atom is 0.298 e. The molecular formula is C26H20BrNO6S. The summed E-state index contributed by atoms with van der Waals surface area (Å²) in [6.07, 6.45) is 1.68. The highest BCUT2D eigenvalue weighted by Gasteiger charge is 2.36. The van der Waals surface area contributed by atoms with Gasteiger partial charge in [-0.2, -0.15) is 0 Å². The number of hydrogen-bond donors (Lipinski definition) is 0. The number of thioether (sulfide) groups is 1. The molecule has 1 fully saturated rings. The molecule has 3 aromatic carbocycles. The second-order valence-corrected chi connectivity index (χ2v) is 9.44. The third-order valence-corrected chi connectivity index (χ3v) is 6.72. The normalized spacial score (nSPS) is 15.7. The first kappa shape index (κ1) is 23.3. The van der Waals surface area contributed by atoms with Gasteiger partial charge in [0.05, 0.1) is 21.7 Å². The van der Waals surface area contributed by atoms with E-state index in [9.17, 15) is 9.59 Å². The Bertz CT molecular complexity index is 1330. The number of carbonyl (C=O) groups excluding carboxylic acids is 2. The maximum absolute atomic E-state index is 13.0. The number of benzene rings is 3. The second-order valence-electron chi connectivity index (χ2n) is 7.59. The lowest BCUT2D eigenvalue weighted by Gasteiger charge is -2.15. The number of carbonyl (C=O) groups is 2. The van der Waals surface area contributed by atoms with Gasteiger partial charge in [-0.05, 0) is 88.2 Å². The summed E-state index contributed by atoms with van der Waals surface area (Å²) in [5, 5.41) is -0.333. The first-order valence-corrected chi connectivity index (χ1v) is 12.4. The van der Waals surface area contributed by atoms with Crippen molar-refractivity contribution in [2.75, 3.05) is 18.3 Å². The van der Waals surface area contributed by atoms with Gasteiger partial charge in [-0.3, -0.25) is 9.59 Å². The van der Waals surface area contributed by atoms with E-state index in [2.05, 4.69) is 15.9 Å². The number of fused-ring (bicyclic) bond motifs is 1. The summed E-state index contributed by atoms with van der Waals surface area (Å²) in [5.41, 5.74) is 2.17. The van der Waals surface area contributed by atoms with Crippen molar-refractivity contribution in [1.29, 1.82) is 0 Å². The smallest absolute Gasteiger partial charge is 0.298 e. The minimum absolute atomic E-state index is 0.214. The molecule has 2 aliphatic rings. The predicted molar refractivity (Wildman–Crippen MR) is 137 cm³/mol. The van der Waals surface area contributed by atoms with Crippen LogP contribution < -0.4 is 23.8 Å². The Morgan fingerprint density at radius 1 is 1.03 bits per heavy atom. The summed E-state index contributed by atoms with van der Waals surface area (Å²) < 4.78 is 23.4. The van der Waals surface area contributed by atoms with Crippen molar-refractivity contribution in [1.82, 2.24) is 0 Å². The molecule has 35 heavy (non-hydrogen) atoms. The zero-order valence-corrected chi connectivity index (χ0v) is 21.1. The van der Waals surface area contributed by atoms with Crippen LogP contribution in [-0.2, 0) is 11.4 Å². The molecule has 0 spiro atoms. The highest BCUT2D eigenvalue weighted by Crippen LogP contribution is 2.41. The van der Waals surface area contributed by atoms with Gasteiger partial charge in [-0.15, -0.1) is 0 Å². The molecule has 2 aliphatic heterocycles. The molecule has 0 bridgehead atoms. The first-order chi connectivity index (χ1) is 17.0. The monoisotopic (exact) mass is 553 g/mol. The Hall–Kier alpha value is -3.43. The molecule has 2 heterocycles. The molecule has 2 amide bonds. The maximum atomic E-state index is 13.0. The van der Waals surface area contributed by atoms with Gasteiger partial charge >= 0.3 is 0 Å². The van der Waals surface area contributed by atoms with Gasteiger partial charge in [0, 0.05) is 0 Å². The standard InChI is InChI=1S/C26H20BrNO6S/c1-2-31-22-12-17(13-23-25(29)28(26(30)35-23)18-6-4-3-5-7-18)10-19(27)24(22)32-14-16-8-9-20-21(11-16)34-15-33-20/h3-13H,2,14-15H2,1H3/b23-13-. The van der Waals surface area contributed by atoms with E-state index in [0.717, 1.165) is 17.3 Å². The van der Waals surface area contributed by atoms with Crippen molar-refractivity contribution < 1.29 is 28.5 Å². The van der Waals surface area contributed by atoms with Gasteiger partial charge in [-0.25, -0.2) is 4.90 Å². The highest BCUT2D eigenvalue weighted by molar-refractivity contribution is 9.10. The molecule has 0 aromatic heterocycles. The van der Waals surface area contributed by atoms with E-state index in [1.165, 1.54) is 4.90 Å². The molecule has 9 heteroatoms. The van der Waals surface area contributed by atoms with E-state index >= 15 is 0 Å². The summed E-state index contributed by atoms with van der Waals surface area (Å²) in [5.74, 6) is 2.11. The molecular weight excluding hydrogens is 534 g/mol. The average molecular weight is 554 g/mol. The predicted octanol–water partition coefficient (Wildman–Crippen LogP) is 6.40. The van der Waals surface area contributed by atoms with Crippen LogP contribution in [0, 0.1) is 0 Å². The van der Waals surface area contributed by atoms with E-state index in [4.69, 9.17) is 18.9 Å². The fourth-order valence-corrected chi connectivity index (χ4v) is 5.09. The summed E-state index contributed by atoms with van der Waals surface area (Å²) in [6, 6.07) is 18.1. The van der Waals surface area contributed by atoms with Crippen molar-refractivity contribution >= 4 is 50.6 Å². The van der Waals surface area contributed by atoms with Crippen LogP contribution in [0.15, 0.2) is 70.0 Å². The topological polar surface area (TPSA) is 74.3 Å². The van der Waals surface area contributed by atoms with Crippen LogP contribution in [0.2, 0.25) is 0 Å². The third kappa shape index (κ3) is 4.87. The van der Waals surface area contributed by atoms with E-state index in [1.54, 1.807) is 36.4 Å². The minimum atomic E-state index is -0.358. The lowest BCUT2D eigenvalue weighted by molar-refractivity contribution is -0.113. The van der Waals surface area contributed by atoms with Crippen LogP contribution in [0.4, 0.5) is 10.5 Å². The van der Waals surface area contributed by atoms with Crippen LogP contribution in [-0.4, -0.2) is 24.5 Å². The zero-order valence-electron chi connectivity index (χ0n) is 18.7. The summed E-state index contributed by atoms with van der Waals surface area (Å²) in [7, 11) is 0. The van der Waals surface area contributed by atoms with Gasteiger partial charge < -0.3 is 18.9 Å². The number of para-hydroxylation sites is 1. The Morgan fingerprint density at radius 3 is 2.63 bits per heavy atom. The van der Waals surface area contributed by atoms with Gasteiger partial charge in [0.1, 0.15) is 6.61 Å². The molecule has 0 N–H and O–H groups in total. The summed E-state index contributed by atoms with van der Waals surface area (Å²) in [6.45, 7) is 2.82. The number of amides is 2. The fourth-order valence-electron chi connectivity index (χ4n) is 3.68. The van der Waals surface area contributed by atoms with Crippen LogP contribution in [0.1, 0.15) is 18.1 Å². The van der Waals surface area contributed by atoms with Gasteiger partial charge in [0.25, 0.3) is 11.1 Å². The minimum Gasteiger partial charge on any atom is -0.490 e. The number of nitrogens with zero attached hydrogens (tertiary/aromatic N) is 1. The molecule has 1 saturated heterocycles. The molecule has 3 aromatic rings. The summed E-state index contributed by atoms with van der Waals surface area (Å²) in [4.78, 5) is 27.0. The van der Waals surface area contributed by atoms with Crippen molar-refractivity contribution in [2.45, 2.75) is 13.5 Å². The van der Waals surface area contributed by atoms with Crippen LogP contribution >= 0.6 is 27.7 Å². The Kier molecular flexibility index (Phi) is 6.70. The SMILES string of the molecule is CCOc1cc(/C=C2\SC(=O)N(c3ccccc3)C2=O)cc(Br)c1OCc1ccc2c(c1)OCO2. The van der Waals surface area contributed by atoms with E-state index in [-0.39, 0.29) is 17.9 Å².